The van der Waals surface area contributed by atoms with Gasteiger partial charge in [0.2, 0.25) is 5.82 Å². The van der Waals surface area contributed by atoms with Crippen molar-refractivity contribution in [1.82, 2.24) is 15.1 Å². The van der Waals surface area contributed by atoms with Crippen LogP contribution in [0.25, 0.3) is 23.5 Å². The van der Waals surface area contributed by atoms with Crippen molar-refractivity contribution in [3.63, 3.8) is 0 Å². The van der Waals surface area contributed by atoms with E-state index in [4.69, 9.17) is 16.1 Å². The van der Waals surface area contributed by atoms with Crippen molar-refractivity contribution in [2.45, 2.75) is 13.8 Å². The molecule has 3 aromatic rings. The summed E-state index contributed by atoms with van der Waals surface area (Å²) in [7, 11) is 0. The third-order valence-electron chi connectivity index (χ3n) is 3.18. The smallest absolute Gasteiger partial charge is 0.250 e. The molecule has 0 radical (unpaired) electrons. The van der Waals surface area contributed by atoms with E-state index in [-0.39, 0.29) is 0 Å². The van der Waals surface area contributed by atoms with Gasteiger partial charge in [0.05, 0.1) is 5.56 Å². The zero-order chi connectivity index (χ0) is 15.5. The molecule has 2 heterocycles. The van der Waals surface area contributed by atoms with Crippen LogP contribution in [-0.2, 0) is 0 Å². The molecule has 2 aromatic heterocycles. The zero-order valence-electron chi connectivity index (χ0n) is 12.2. The number of rotatable bonds is 3. The summed E-state index contributed by atoms with van der Waals surface area (Å²) in [5.41, 5.74) is 3.60. The minimum Gasteiger partial charge on any atom is -0.334 e. The van der Waals surface area contributed by atoms with Gasteiger partial charge in [-0.05, 0) is 37.1 Å². The summed E-state index contributed by atoms with van der Waals surface area (Å²) in [6.45, 7) is 3.85. The van der Waals surface area contributed by atoms with Crippen molar-refractivity contribution in [2.24, 2.45) is 0 Å². The first kappa shape index (κ1) is 14.5. The molecule has 0 spiro atoms. The van der Waals surface area contributed by atoms with Gasteiger partial charge in [0.1, 0.15) is 5.15 Å². The molecule has 5 heteroatoms. The predicted molar refractivity (Wildman–Crippen MR) is 87.4 cm³/mol. The SMILES string of the molecule is Cc1cc(C)c(-c2noc(/C=C/c3ccccc3)n2)c(Cl)n1. The Morgan fingerprint density at radius 2 is 1.82 bits per heavy atom. The van der Waals surface area contributed by atoms with Crippen LogP contribution < -0.4 is 0 Å². The molecule has 0 aliphatic rings. The highest BCUT2D eigenvalue weighted by Gasteiger charge is 2.15. The molecule has 110 valence electrons. The summed E-state index contributed by atoms with van der Waals surface area (Å²) in [5.74, 6) is 0.873. The van der Waals surface area contributed by atoms with E-state index in [9.17, 15) is 0 Å². The molecule has 0 aliphatic heterocycles. The highest BCUT2D eigenvalue weighted by Crippen LogP contribution is 2.28. The third-order valence-corrected chi connectivity index (χ3v) is 3.46. The van der Waals surface area contributed by atoms with Gasteiger partial charge in [0.15, 0.2) is 0 Å². The van der Waals surface area contributed by atoms with Gasteiger partial charge in [-0.2, -0.15) is 4.98 Å². The van der Waals surface area contributed by atoms with Crippen LogP contribution >= 0.6 is 11.6 Å². The van der Waals surface area contributed by atoms with E-state index >= 15 is 0 Å². The quantitative estimate of drug-likeness (QED) is 0.665. The molecule has 0 N–H and O–H groups in total. The molecular formula is C17H14ClN3O. The van der Waals surface area contributed by atoms with Crippen molar-refractivity contribution in [3.05, 3.63) is 64.3 Å². The monoisotopic (exact) mass is 311 g/mol. The molecular weight excluding hydrogens is 298 g/mol. The number of hydrogen-bond donors (Lipinski definition) is 0. The maximum absolute atomic E-state index is 6.20. The average Bonchev–Trinajstić information content (AvgIpc) is 2.94. The summed E-state index contributed by atoms with van der Waals surface area (Å²) in [6.07, 6.45) is 3.69. The van der Waals surface area contributed by atoms with E-state index in [1.54, 1.807) is 6.08 Å². The van der Waals surface area contributed by atoms with Crippen molar-refractivity contribution < 1.29 is 4.52 Å². The van der Waals surface area contributed by atoms with Gasteiger partial charge in [0.25, 0.3) is 5.89 Å². The van der Waals surface area contributed by atoms with Crippen LogP contribution in [0.1, 0.15) is 22.7 Å². The number of aryl methyl sites for hydroxylation is 2. The van der Waals surface area contributed by atoms with Crippen LogP contribution in [0.3, 0.4) is 0 Å². The first-order chi connectivity index (χ1) is 10.6. The summed E-state index contributed by atoms with van der Waals surface area (Å²) in [4.78, 5) is 8.60. The highest BCUT2D eigenvalue weighted by atomic mass is 35.5. The first-order valence-electron chi connectivity index (χ1n) is 6.84. The molecule has 1 aromatic carbocycles. The second-order valence-electron chi connectivity index (χ2n) is 4.95. The number of nitrogens with zero attached hydrogens (tertiary/aromatic N) is 3. The van der Waals surface area contributed by atoms with Crippen LogP contribution in [0.2, 0.25) is 5.15 Å². The normalized spacial score (nSPS) is 11.2. The van der Waals surface area contributed by atoms with Crippen molar-refractivity contribution in [1.29, 1.82) is 0 Å². The lowest BCUT2D eigenvalue weighted by molar-refractivity contribution is 0.411. The van der Waals surface area contributed by atoms with Crippen LogP contribution in [0.15, 0.2) is 40.9 Å². The van der Waals surface area contributed by atoms with Crippen LogP contribution in [0, 0.1) is 13.8 Å². The largest absolute Gasteiger partial charge is 0.334 e. The lowest BCUT2D eigenvalue weighted by atomic mass is 10.1. The van der Waals surface area contributed by atoms with E-state index in [2.05, 4.69) is 15.1 Å². The number of halogens is 1. The fourth-order valence-corrected chi connectivity index (χ4v) is 2.56. The molecule has 0 aliphatic carbocycles. The van der Waals surface area contributed by atoms with E-state index in [0.29, 0.717) is 22.4 Å². The number of aromatic nitrogens is 3. The Morgan fingerprint density at radius 1 is 1.05 bits per heavy atom. The maximum atomic E-state index is 6.20. The van der Waals surface area contributed by atoms with Crippen molar-refractivity contribution >= 4 is 23.8 Å². The van der Waals surface area contributed by atoms with Gasteiger partial charge in [-0.1, -0.05) is 47.1 Å². The van der Waals surface area contributed by atoms with E-state index in [0.717, 1.165) is 16.8 Å². The Bertz CT molecular complexity index is 802. The minimum atomic E-state index is 0.386. The molecule has 0 saturated carbocycles. The third kappa shape index (κ3) is 3.07. The Labute approximate surface area is 133 Å². The molecule has 22 heavy (non-hydrogen) atoms. The second-order valence-corrected chi connectivity index (χ2v) is 5.30. The number of hydrogen-bond acceptors (Lipinski definition) is 4. The molecule has 0 amide bonds. The molecule has 0 saturated heterocycles. The Kier molecular flexibility index (Phi) is 4.02. The van der Waals surface area contributed by atoms with Gasteiger partial charge in [-0.15, -0.1) is 0 Å². The molecule has 0 atom stereocenters. The Morgan fingerprint density at radius 3 is 2.55 bits per heavy atom. The second kappa shape index (κ2) is 6.12. The van der Waals surface area contributed by atoms with Gasteiger partial charge >= 0.3 is 0 Å². The fraction of sp³-hybridized carbons (Fsp3) is 0.118. The topological polar surface area (TPSA) is 51.8 Å². The molecule has 0 unspecified atom stereocenters. The summed E-state index contributed by atoms with van der Waals surface area (Å²) >= 11 is 6.20. The van der Waals surface area contributed by atoms with Crippen LogP contribution in [-0.4, -0.2) is 15.1 Å². The van der Waals surface area contributed by atoms with Gasteiger partial charge in [-0.25, -0.2) is 4.98 Å². The highest BCUT2D eigenvalue weighted by molar-refractivity contribution is 6.32. The van der Waals surface area contributed by atoms with Gasteiger partial charge in [0, 0.05) is 11.8 Å². The molecule has 4 nitrogen and oxygen atoms in total. The fourth-order valence-electron chi connectivity index (χ4n) is 2.20. The molecule has 0 bridgehead atoms. The summed E-state index contributed by atoms with van der Waals surface area (Å²) < 4.78 is 5.25. The van der Waals surface area contributed by atoms with Crippen LogP contribution in [0.5, 0.6) is 0 Å². The Balaban J connectivity index is 1.90. The van der Waals surface area contributed by atoms with E-state index < -0.39 is 0 Å². The summed E-state index contributed by atoms with van der Waals surface area (Å²) in [5, 5.41) is 4.37. The number of pyridine rings is 1. The number of benzene rings is 1. The van der Waals surface area contributed by atoms with Crippen molar-refractivity contribution in [3.8, 4) is 11.4 Å². The predicted octanol–water partition coefficient (Wildman–Crippen LogP) is 4.57. The van der Waals surface area contributed by atoms with Crippen LogP contribution in [0.4, 0.5) is 0 Å². The van der Waals surface area contributed by atoms with Crippen molar-refractivity contribution in [2.75, 3.05) is 0 Å². The lowest BCUT2D eigenvalue weighted by Crippen LogP contribution is -1.92. The minimum absolute atomic E-state index is 0.386. The van der Waals surface area contributed by atoms with Gasteiger partial charge in [-0.3, -0.25) is 0 Å². The Hall–Kier alpha value is -2.46. The maximum Gasteiger partial charge on any atom is 0.250 e. The van der Waals surface area contributed by atoms with Gasteiger partial charge < -0.3 is 4.52 Å². The standard InChI is InChI=1S/C17H14ClN3O/c1-11-10-12(2)19-16(18)15(11)17-20-14(22-21-17)9-8-13-6-4-3-5-7-13/h3-10H,1-2H3/b9-8+. The summed E-state index contributed by atoms with van der Waals surface area (Å²) in [6, 6.07) is 11.9. The van der Waals surface area contributed by atoms with E-state index in [1.807, 2.05) is 56.3 Å². The van der Waals surface area contributed by atoms with E-state index in [1.165, 1.54) is 0 Å². The molecule has 0 fully saturated rings. The zero-order valence-corrected chi connectivity index (χ0v) is 13.0. The first-order valence-corrected chi connectivity index (χ1v) is 7.22. The average molecular weight is 312 g/mol. The lowest BCUT2D eigenvalue weighted by Gasteiger charge is -2.04. The molecule has 3 rings (SSSR count).